The third-order valence-electron chi connectivity index (χ3n) is 5.50. The molecule has 1 amide bonds. The zero-order chi connectivity index (χ0) is 23.1. The molecule has 32 heavy (non-hydrogen) atoms. The summed E-state index contributed by atoms with van der Waals surface area (Å²) in [5, 5.41) is 27.4. The largest absolute Gasteiger partial charge is 0.480 e. The maximum Gasteiger partial charge on any atom is 0.326 e. The van der Waals surface area contributed by atoms with Gasteiger partial charge >= 0.3 is 12.8 Å². The number of carbonyl (C=O) groups is 2. The van der Waals surface area contributed by atoms with E-state index in [0.29, 0.717) is 12.2 Å². The summed E-state index contributed by atoms with van der Waals surface area (Å²) in [5.74, 6) is -0.781. The highest BCUT2D eigenvalue weighted by atomic mass is 16.4. The number of allylic oxidation sites excluding steroid dienone is 2. The lowest BCUT2D eigenvalue weighted by atomic mass is 9.49. The minimum Gasteiger partial charge on any atom is -0.480 e. The van der Waals surface area contributed by atoms with E-state index < -0.39 is 12.0 Å². The number of aromatic amines is 1. The van der Waals surface area contributed by atoms with Crippen molar-refractivity contribution in [3.05, 3.63) is 54.0 Å². The Morgan fingerprint density at radius 3 is 2.56 bits per heavy atom. The molecule has 10 heteroatoms. The van der Waals surface area contributed by atoms with Crippen LogP contribution in [0.5, 0.6) is 0 Å². The van der Waals surface area contributed by atoms with Gasteiger partial charge in [0.05, 0.1) is 0 Å². The number of carbonyl (C=O) groups excluding carboxylic acids is 1. The number of aromatic nitrogens is 4. The van der Waals surface area contributed by atoms with Gasteiger partial charge in [0.1, 0.15) is 6.04 Å². The molecule has 9 nitrogen and oxygen atoms in total. The van der Waals surface area contributed by atoms with Crippen molar-refractivity contribution in [1.29, 1.82) is 0 Å². The number of tetrazole rings is 1. The first kappa shape index (κ1) is 23.2. The molecule has 3 rings (SSSR count). The van der Waals surface area contributed by atoms with Crippen LogP contribution in [0.3, 0.4) is 0 Å². The lowest BCUT2D eigenvalue weighted by Crippen LogP contribution is -2.47. The number of amides is 1. The van der Waals surface area contributed by atoms with E-state index in [1.54, 1.807) is 0 Å². The van der Waals surface area contributed by atoms with Crippen LogP contribution in [0, 0.1) is 5.92 Å². The molecule has 1 atom stereocenters. The van der Waals surface area contributed by atoms with Crippen LogP contribution in [0.4, 0.5) is 0 Å². The molecule has 0 unspecified atom stereocenters. The number of carboxylic acids is 1. The number of H-pyrrole nitrogens is 1. The highest BCUT2D eigenvalue weighted by Crippen LogP contribution is 2.19. The second kappa shape index (κ2) is 10.7. The molecule has 0 aliphatic carbocycles. The highest BCUT2D eigenvalue weighted by Gasteiger charge is 2.32. The Labute approximate surface area is 188 Å². The molecule has 0 saturated carbocycles. The molecule has 1 aromatic heterocycles. The summed E-state index contributed by atoms with van der Waals surface area (Å²) >= 11 is 0. The Hall–Kier alpha value is -3.43. The zero-order valence-electron chi connectivity index (χ0n) is 18.7. The molecule has 0 bridgehead atoms. The van der Waals surface area contributed by atoms with Crippen molar-refractivity contribution in [3.63, 3.8) is 0 Å². The topological polar surface area (TPSA) is 124 Å². The van der Waals surface area contributed by atoms with E-state index >= 15 is 0 Å². The second-order valence-electron chi connectivity index (χ2n) is 8.21. The number of carboxylic acid groups (broad SMARTS) is 1. The number of benzene rings is 1. The first-order valence-corrected chi connectivity index (χ1v) is 10.9. The van der Waals surface area contributed by atoms with E-state index in [1.807, 2.05) is 63.4 Å². The van der Waals surface area contributed by atoms with Crippen LogP contribution >= 0.6 is 0 Å². The number of hydrogen-bond donors (Lipinski definition) is 3. The summed E-state index contributed by atoms with van der Waals surface area (Å²) in [7, 11) is 0. The molecular formula is C22H29BN6O3. The predicted octanol–water partition coefficient (Wildman–Crippen LogP) is 1.77. The average molecular weight is 436 g/mol. The van der Waals surface area contributed by atoms with Gasteiger partial charge in [-0.15, -0.1) is 10.2 Å². The van der Waals surface area contributed by atoms with Crippen molar-refractivity contribution in [2.75, 3.05) is 0 Å². The molecule has 0 radical (unpaired) electrons. The summed E-state index contributed by atoms with van der Waals surface area (Å²) in [6.45, 7) is 5.78. The SMILES string of the molecule is CCCCC(=O)N(Cc1ccc(B2NC=CC=C2c2nn[nH]n2)cc1)[C@H](C(=O)O)C(C)C. The molecule has 0 fully saturated rings. The van der Waals surface area contributed by atoms with Crippen LogP contribution in [0.25, 0.3) is 5.47 Å². The van der Waals surface area contributed by atoms with Crippen LogP contribution in [-0.4, -0.2) is 55.4 Å². The first-order valence-electron chi connectivity index (χ1n) is 10.9. The minimum atomic E-state index is -0.977. The van der Waals surface area contributed by atoms with Crippen LogP contribution in [0.1, 0.15) is 51.4 Å². The lowest BCUT2D eigenvalue weighted by molar-refractivity contribution is -0.153. The monoisotopic (exact) mass is 436 g/mol. The average Bonchev–Trinajstić information content (AvgIpc) is 3.32. The van der Waals surface area contributed by atoms with Gasteiger partial charge in [0.25, 0.3) is 0 Å². The van der Waals surface area contributed by atoms with Gasteiger partial charge in [0.15, 0.2) is 5.82 Å². The van der Waals surface area contributed by atoms with Crippen LogP contribution in [0.2, 0.25) is 0 Å². The molecule has 168 valence electrons. The van der Waals surface area contributed by atoms with E-state index in [4.69, 9.17) is 0 Å². The first-order chi connectivity index (χ1) is 15.4. The fourth-order valence-electron chi connectivity index (χ4n) is 3.86. The highest BCUT2D eigenvalue weighted by molar-refractivity contribution is 6.88. The maximum absolute atomic E-state index is 12.9. The van der Waals surface area contributed by atoms with Crippen molar-refractivity contribution < 1.29 is 14.7 Å². The van der Waals surface area contributed by atoms with Gasteiger partial charge in [-0.05, 0) is 40.9 Å². The third-order valence-corrected chi connectivity index (χ3v) is 5.50. The predicted molar refractivity (Wildman–Crippen MR) is 123 cm³/mol. The summed E-state index contributed by atoms with van der Waals surface area (Å²) in [6, 6.07) is 6.95. The Balaban J connectivity index is 1.81. The van der Waals surface area contributed by atoms with Gasteiger partial charge in [-0.25, -0.2) is 4.79 Å². The molecule has 2 heterocycles. The lowest BCUT2D eigenvalue weighted by Gasteiger charge is -2.32. The molecule has 0 saturated heterocycles. The van der Waals surface area contributed by atoms with Crippen LogP contribution in [0.15, 0.2) is 42.6 Å². The van der Waals surface area contributed by atoms with Gasteiger partial charge in [-0.3, -0.25) is 4.79 Å². The van der Waals surface area contributed by atoms with Crippen molar-refractivity contribution in [2.45, 2.75) is 52.6 Å². The molecule has 0 spiro atoms. The molecule has 1 aliphatic heterocycles. The van der Waals surface area contributed by atoms with E-state index in [1.165, 1.54) is 4.90 Å². The summed E-state index contributed by atoms with van der Waals surface area (Å²) in [6.07, 6.45) is 7.65. The Bertz CT molecular complexity index is 972. The number of aliphatic carboxylic acids is 1. The summed E-state index contributed by atoms with van der Waals surface area (Å²) < 4.78 is 0. The number of hydrogen-bond acceptors (Lipinski definition) is 6. The van der Waals surface area contributed by atoms with E-state index in [0.717, 1.165) is 29.3 Å². The third kappa shape index (κ3) is 5.43. The van der Waals surface area contributed by atoms with Crippen molar-refractivity contribution in [3.8, 4) is 0 Å². The number of rotatable bonds is 10. The van der Waals surface area contributed by atoms with Crippen molar-refractivity contribution in [2.24, 2.45) is 5.92 Å². The minimum absolute atomic E-state index is 0.126. The molecular weight excluding hydrogens is 407 g/mol. The van der Waals surface area contributed by atoms with Gasteiger partial charge < -0.3 is 15.2 Å². The summed E-state index contributed by atoms with van der Waals surface area (Å²) in [4.78, 5) is 26.3. The van der Waals surface area contributed by atoms with Crippen LogP contribution in [-0.2, 0) is 16.1 Å². The normalized spacial score (nSPS) is 14.1. The number of unbranched alkanes of at least 4 members (excludes halogenated alkanes) is 1. The fourth-order valence-corrected chi connectivity index (χ4v) is 3.86. The molecule has 1 aromatic carbocycles. The standard InChI is InChI=1S/C22H29BN6O3/c1-4-5-8-19(30)29(20(15(2)3)22(31)32)14-16-9-11-17(12-10-16)23-18(7-6-13-24-23)21-25-27-28-26-21/h6-7,9-13,15,20,24H,4-5,8,14H2,1-3H3,(H,31,32)(H,25,26,27,28)/t20-/m0/s1. The number of nitrogens with zero attached hydrogens (tertiary/aromatic N) is 4. The Morgan fingerprint density at radius 2 is 1.97 bits per heavy atom. The van der Waals surface area contributed by atoms with Gasteiger partial charge in [0, 0.05) is 13.0 Å². The zero-order valence-corrected chi connectivity index (χ0v) is 18.7. The fraction of sp³-hybridized carbons (Fsp3) is 0.409. The quantitative estimate of drug-likeness (QED) is 0.485. The number of nitrogens with one attached hydrogen (secondary N) is 2. The molecule has 1 aliphatic rings. The molecule has 3 N–H and O–H groups in total. The molecule has 2 aromatic rings. The van der Waals surface area contributed by atoms with E-state index in [9.17, 15) is 14.7 Å². The van der Waals surface area contributed by atoms with E-state index in [-0.39, 0.29) is 25.2 Å². The Kier molecular flexibility index (Phi) is 7.80. The Morgan fingerprint density at radius 1 is 1.22 bits per heavy atom. The van der Waals surface area contributed by atoms with Crippen molar-refractivity contribution in [1.82, 2.24) is 30.8 Å². The van der Waals surface area contributed by atoms with Gasteiger partial charge in [-0.2, -0.15) is 5.21 Å². The van der Waals surface area contributed by atoms with Gasteiger partial charge in [0.2, 0.25) is 5.91 Å². The maximum atomic E-state index is 12.9. The van der Waals surface area contributed by atoms with Crippen molar-refractivity contribution >= 4 is 29.7 Å². The van der Waals surface area contributed by atoms with E-state index in [2.05, 4.69) is 25.9 Å². The van der Waals surface area contributed by atoms with Crippen LogP contribution < -0.4 is 10.7 Å². The smallest absolute Gasteiger partial charge is 0.326 e. The summed E-state index contributed by atoms with van der Waals surface area (Å²) in [5.41, 5.74) is 2.76. The second-order valence-corrected chi connectivity index (χ2v) is 8.21. The van der Waals surface area contributed by atoms with Gasteiger partial charge in [-0.1, -0.05) is 63.0 Å².